The van der Waals surface area contributed by atoms with E-state index in [1.165, 1.54) is 5.56 Å². The fourth-order valence-corrected chi connectivity index (χ4v) is 2.42. The van der Waals surface area contributed by atoms with E-state index in [4.69, 9.17) is 16.3 Å². The van der Waals surface area contributed by atoms with E-state index >= 15 is 0 Å². The average Bonchev–Trinajstić information content (AvgIpc) is 2.50. The second-order valence-electron chi connectivity index (χ2n) is 5.07. The third kappa shape index (κ3) is 5.41. The summed E-state index contributed by atoms with van der Waals surface area (Å²) in [4.78, 5) is 0. The van der Waals surface area contributed by atoms with Gasteiger partial charge in [-0.2, -0.15) is 0 Å². The minimum absolute atomic E-state index is 0.741. The van der Waals surface area contributed by atoms with E-state index in [-0.39, 0.29) is 0 Å². The zero-order valence-electron chi connectivity index (χ0n) is 12.4. The summed E-state index contributed by atoms with van der Waals surface area (Å²) in [5.41, 5.74) is 2.40. The van der Waals surface area contributed by atoms with Crippen molar-refractivity contribution in [2.24, 2.45) is 0 Å². The van der Waals surface area contributed by atoms with Crippen molar-refractivity contribution in [3.8, 4) is 5.75 Å². The van der Waals surface area contributed by atoms with Gasteiger partial charge in [-0.3, -0.25) is 0 Å². The highest BCUT2D eigenvalue weighted by Gasteiger charge is 2.06. The number of unbranched alkanes of at least 4 members (excludes halogenated alkanes) is 1. The fourth-order valence-electron chi connectivity index (χ4n) is 2.23. The number of hydrogen-bond donors (Lipinski definition) is 1. The number of ether oxygens (including phenoxy) is 1. The number of benzene rings is 2. The second-order valence-corrected chi connectivity index (χ2v) is 5.51. The van der Waals surface area contributed by atoms with Gasteiger partial charge in [0.1, 0.15) is 5.75 Å². The summed E-state index contributed by atoms with van der Waals surface area (Å²) in [6, 6.07) is 16.2. The number of nitrogens with one attached hydrogen (secondary N) is 1. The molecule has 2 nitrogen and oxygen atoms in total. The van der Waals surface area contributed by atoms with Crippen LogP contribution < -0.4 is 10.1 Å². The molecule has 0 spiro atoms. The second kappa shape index (κ2) is 8.71. The van der Waals surface area contributed by atoms with Crippen molar-refractivity contribution in [2.45, 2.75) is 19.3 Å². The molecule has 0 unspecified atom stereocenters. The Morgan fingerprint density at radius 2 is 1.86 bits per heavy atom. The quantitative estimate of drug-likeness (QED) is 0.734. The Kier molecular flexibility index (Phi) is 6.58. The Morgan fingerprint density at radius 3 is 2.62 bits per heavy atom. The van der Waals surface area contributed by atoms with Gasteiger partial charge in [0.2, 0.25) is 0 Å². The first-order chi connectivity index (χ1) is 10.3. The van der Waals surface area contributed by atoms with Crippen LogP contribution in [-0.4, -0.2) is 20.2 Å². The van der Waals surface area contributed by atoms with Gasteiger partial charge >= 0.3 is 0 Å². The van der Waals surface area contributed by atoms with Crippen LogP contribution in [0, 0.1) is 0 Å². The van der Waals surface area contributed by atoms with E-state index in [9.17, 15) is 0 Å². The van der Waals surface area contributed by atoms with Gasteiger partial charge in [-0.25, -0.2) is 0 Å². The lowest BCUT2D eigenvalue weighted by molar-refractivity contribution is 0.304. The summed E-state index contributed by atoms with van der Waals surface area (Å²) in [6.45, 7) is 1.77. The standard InChI is InChI=1S/C18H22ClNO/c1-20-11-5-6-12-21-18-10-9-17(19)14-16(18)13-15-7-3-2-4-8-15/h2-4,7-10,14,20H,5-6,11-13H2,1H3. The summed E-state index contributed by atoms with van der Waals surface area (Å²) >= 11 is 6.12. The van der Waals surface area contributed by atoms with E-state index in [1.54, 1.807) is 0 Å². The normalized spacial score (nSPS) is 10.6. The lowest BCUT2D eigenvalue weighted by atomic mass is 10.0. The molecule has 0 amide bonds. The van der Waals surface area contributed by atoms with Gasteiger partial charge in [-0.05, 0) is 55.8 Å². The molecule has 0 aliphatic carbocycles. The Hall–Kier alpha value is -1.51. The monoisotopic (exact) mass is 303 g/mol. The van der Waals surface area contributed by atoms with Crippen molar-refractivity contribution < 1.29 is 4.74 Å². The first kappa shape index (κ1) is 15.9. The van der Waals surface area contributed by atoms with Crippen LogP contribution in [0.3, 0.4) is 0 Å². The number of halogens is 1. The SMILES string of the molecule is CNCCCCOc1ccc(Cl)cc1Cc1ccccc1. The van der Waals surface area contributed by atoms with Crippen LogP contribution in [0.2, 0.25) is 5.02 Å². The van der Waals surface area contributed by atoms with Gasteiger partial charge in [0.05, 0.1) is 6.61 Å². The minimum Gasteiger partial charge on any atom is -0.493 e. The van der Waals surface area contributed by atoms with E-state index in [0.717, 1.165) is 48.7 Å². The van der Waals surface area contributed by atoms with Gasteiger partial charge in [0.25, 0.3) is 0 Å². The molecular formula is C18H22ClNO. The van der Waals surface area contributed by atoms with Crippen LogP contribution in [0.15, 0.2) is 48.5 Å². The predicted molar refractivity (Wildman–Crippen MR) is 89.4 cm³/mol. The predicted octanol–water partition coefficient (Wildman–Crippen LogP) is 4.31. The molecule has 1 N–H and O–H groups in total. The van der Waals surface area contributed by atoms with Crippen LogP contribution in [0.25, 0.3) is 0 Å². The summed E-state index contributed by atoms with van der Waals surface area (Å²) in [5.74, 6) is 0.938. The summed E-state index contributed by atoms with van der Waals surface area (Å²) in [5, 5.41) is 3.90. The van der Waals surface area contributed by atoms with Crippen LogP contribution >= 0.6 is 11.6 Å². The van der Waals surface area contributed by atoms with Crippen molar-refractivity contribution in [1.82, 2.24) is 5.32 Å². The average molecular weight is 304 g/mol. The van der Waals surface area contributed by atoms with Gasteiger partial charge < -0.3 is 10.1 Å². The maximum Gasteiger partial charge on any atom is 0.122 e. The third-order valence-electron chi connectivity index (χ3n) is 3.34. The van der Waals surface area contributed by atoms with E-state index < -0.39 is 0 Å². The molecule has 0 aliphatic heterocycles. The molecule has 2 rings (SSSR count). The van der Waals surface area contributed by atoms with Crippen molar-refractivity contribution in [1.29, 1.82) is 0 Å². The molecule has 3 heteroatoms. The number of hydrogen-bond acceptors (Lipinski definition) is 2. The molecule has 0 aromatic heterocycles. The Bertz CT molecular complexity index is 542. The number of rotatable bonds is 8. The molecule has 112 valence electrons. The van der Waals surface area contributed by atoms with Crippen LogP contribution in [0.4, 0.5) is 0 Å². The van der Waals surface area contributed by atoms with Gasteiger partial charge in [-0.15, -0.1) is 0 Å². The van der Waals surface area contributed by atoms with Gasteiger partial charge in [0, 0.05) is 11.4 Å². The highest BCUT2D eigenvalue weighted by molar-refractivity contribution is 6.30. The molecule has 2 aromatic carbocycles. The van der Waals surface area contributed by atoms with Crippen LogP contribution in [0.1, 0.15) is 24.0 Å². The molecule has 0 fully saturated rings. The largest absolute Gasteiger partial charge is 0.493 e. The molecule has 0 radical (unpaired) electrons. The van der Waals surface area contributed by atoms with Crippen molar-refractivity contribution in [3.63, 3.8) is 0 Å². The van der Waals surface area contributed by atoms with Crippen LogP contribution in [0.5, 0.6) is 5.75 Å². The van der Waals surface area contributed by atoms with E-state index in [2.05, 4.69) is 29.6 Å². The van der Waals surface area contributed by atoms with E-state index in [1.807, 2.05) is 31.3 Å². The van der Waals surface area contributed by atoms with E-state index in [0.29, 0.717) is 0 Å². The molecule has 0 atom stereocenters. The third-order valence-corrected chi connectivity index (χ3v) is 3.57. The molecule has 2 aromatic rings. The first-order valence-corrected chi connectivity index (χ1v) is 7.77. The maximum absolute atomic E-state index is 6.12. The Balaban J connectivity index is 2.00. The van der Waals surface area contributed by atoms with Gasteiger partial charge in [0.15, 0.2) is 0 Å². The lowest BCUT2D eigenvalue weighted by Gasteiger charge is -2.12. The molecule has 0 saturated carbocycles. The minimum atomic E-state index is 0.741. The summed E-state index contributed by atoms with van der Waals surface area (Å²) in [6.07, 6.45) is 3.01. The topological polar surface area (TPSA) is 21.3 Å². The smallest absolute Gasteiger partial charge is 0.122 e. The van der Waals surface area contributed by atoms with Crippen molar-refractivity contribution in [2.75, 3.05) is 20.2 Å². The Labute approximate surface area is 132 Å². The van der Waals surface area contributed by atoms with Crippen LogP contribution in [-0.2, 0) is 6.42 Å². The highest BCUT2D eigenvalue weighted by Crippen LogP contribution is 2.25. The zero-order chi connectivity index (χ0) is 14.9. The Morgan fingerprint density at radius 1 is 1.05 bits per heavy atom. The zero-order valence-corrected chi connectivity index (χ0v) is 13.2. The molecular weight excluding hydrogens is 282 g/mol. The molecule has 0 aliphatic rings. The lowest BCUT2D eigenvalue weighted by Crippen LogP contribution is -2.09. The molecule has 0 saturated heterocycles. The summed E-state index contributed by atoms with van der Waals surface area (Å²) in [7, 11) is 1.97. The fraction of sp³-hybridized carbons (Fsp3) is 0.333. The molecule has 0 heterocycles. The maximum atomic E-state index is 6.12. The van der Waals surface area contributed by atoms with Gasteiger partial charge in [-0.1, -0.05) is 41.9 Å². The molecule has 21 heavy (non-hydrogen) atoms. The molecule has 0 bridgehead atoms. The first-order valence-electron chi connectivity index (χ1n) is 7.39. The van der Waals surface area contributed by atoms with Crippen molar-refractivity contribution in [3.05, 3.63) is 64.7 Å². The van der Waals surface area contributed by atoms with Crippen molar-refractivity contribution >= 4 is 11.6 Å². The highest BCUT2D eigenvalue weighted by atomic mass is 35.5. The summed E-state index contributed by atoms with van der Waals surface area (Å²) < 4.78 is 5.92.